The van der Waals surface area contributed by atoms with Gasteiger partial charge in [0.2, 0.25) is 5.75 Å². The molecule has 24 heteroatoms. The van der Waals surface area contributed by atoms with E-state index in [4.69, 9.17) is 28.4 Å². The molecule has 0 bridgehead atoms. The number of benzene rings is 2. The minimum Gasteiger partial charge on any atom is -0.508 e. The Labute approximate surface area is 598 Å². The molecule has 5 heterocycles. The summed E-state index contributed by atoms with van der Waals surface area (Å²) in [5, 5.41) is 26.3. The van der Waals surface area contributed by atoms with Gasteiger partial charge in [0.05, 0.1) is 57.7 Å². The summed E-state index contributed by atoms with van der Waals surface area (Å²) >= 11 is 0. The molecule has 0 fully saturated rings. The van der Waals surface area contributed by atoms with Crippen LogP contribution in [0.15, 0.2) is 176 Å². The Kier molecular flexibility index (Phi) is 25.4. The van der Waals surface area contributed by atoms with Crippen molar-refractivity contribution in [2.75, 3.05) is 82.9 Å². The van der Waals surface area contributed by atoms with Crippen molar-refractivity contribution in [2.45, 2.75) is 127 Å². The van der Waals surface area contributed by atoms with Gasteiger partial charge in [0.1, 0.15) is 29.0 Å². The lowest BCUT2D eigenvalue weighted by Gasteiger charge is -2.42. The van der Waals surface area contributed by atoms with Crippen LogP contribution in [0.2, 0.25) is 0 Å². The number of allylic oxidation sites excluding steroid dienone is 5. The predicted molar refractivity (Wildman–Crippen MR) is 385 cm³/mol. The summed E-state index contributed by atoms with van der Waals surface area (Å²) in [6.07, 6.45) is 3.84. The molecule has 24 nitrogen and oxygen atoms in total. The number of ether oxygens (including phenoxy) is 6. The third kappa shape index (κ3) is 15.4. The summed E-state index contributed by atoms with van der Waals surface area (Å²) < 4.78 is 31.6. The Bertz CT molecular complexity index is 4110. The van der Waals surface area contributed by atoms with Gasteiger partial charge in [0.15, 0.2) is 11.5 Å². The van der Waals surface area contributed by atoms with Crippen LogP contribution in [0.1, 0.15) is 138 Å². The summed E-state index contributed by atoms with van der Waals surface area (Å²) in [5.74, 6) is -1.17. The van der Waals surface area contributed by atoms with E-state index >= 15 is 0 Å². The first-order valence-corrected chi connectivity index (χ1v) is 34.2. The molecular formula is C78H100N8O16. The lowest BCUT2D eigenvalue weighted by Crippen LogP contribution is -2.48. The molecule has 3 aliphatic carbocycles. The molecule has 4 amide bonds. The van der Waals surface area contributed by atoms with E-state index in [2.05, 4.69) is 50.8 Å². The Hall–Kier alpha value is -10.5. The molecule has 102 heavy (non-hydrogen) atoms. The summed E-state index contributed by atoms with van der Waals surface area (Å²) in [6.45, 7) is 37.7. The van der Waals surface area contributed by atoms with Crippen molar-refractivity contribution in [1.29, 1.82) is 0 Å². The smallest absolute Gasteiger partial charge is 0.336 e. The molecule has 0 saturated carbocycles. The van der Waals surface area contributed by atoms with Gasteiger partial charge in [-0.15, -0.1) is 0 Å². The van der Waals surface area contributed by atoms with Crippen molar-refractivity contribution in [1.82, 2.24) is 40.0 Å². The Morgan fingerprint density at radius 2 is 0.951 bits per heavy atom. The fourth-order valence-corrected chi connectivity index (χ4v) is 14.3. The number of phenols is 2. The van der Waals surface area contributed by atoms with Crippen LogP contribution >= 0.6 is 0 Å². The van der Waals surface area contributed by atoms with Gasteiger partial charge in [-0.1, -0.05) is 81.5 Å². The van der Waals surface area contributed by atoms with E-state index in [-0.39, 0.29) is 89.2 Å². The number of hydrogen-bond acceptors (Lipinski definition) is 20. The third-order valence-corrected chi connectivity index (χ3v) is 19.4. The SMILES string of the molecule is C=C1CC2=C(C(=O)N1)C(CC(C)C)C(C(=O)OCC)=C(C)C2.C=C1N(C)C(=O)C2=C(CC(C)=C(C(=O)OCC)C2CC)N1C.C=C1N(C)C(=O)C2=C(CC(C)=C(C(=O)OCC)C2c2cccc(O)c2)N1C.C=C1N(C)C(=O)C2=C(NC(C)=C(C(=O)OCC)C2c2cc(OC)c(O)c(OC)c2)N1C. The van der Waals surface area contributed by atoms with E-state index < -0.39 is 23.8 Å². The van der Waals surface area contributed by atoms with Crippen LogP contribution in [0.3, 0.4) is 0 Å². The zero-order valence-corrected chi connectivity index (χ0v) is 62.5. The van der Waals surface area contributed by atoms with Crippen LogP contribution in [0.5, 0.6) is 23.0 Å². The van der Waals surface area contributed by atoms with Gasteiger partial charge in [-0.05, 0) is 116 Å². The first-order chi connectivity index (χ1) is 48.1. The van der Waals surface area contributed by atoms with E-state index in [9.17, 15) is 48.6 Å². The second kappa shape index (κ2) is 32.9. The maximum absolute atomic E-state index is 13.4. The zero-order chi connectivity index (χ0) is 76.0. The van der Waals surface area contributed by atoms with Crippen LogP contribution in [0, 0.1) is 17.8 Å². The summed E-state index contributed by atoms with van der Waals surface area (Å²) in [6, 6.07) is 9.83. The van der Waals surface area contributed by atoms with Crippen molar-refractivity contribution >= 4 is 47.5 Å². The highest BCUT2D eigenvalue weighted by Gasteiger charge is 2.47. The first-order valence-electron chi connectivity index (χ1n) is 34.2. The highest BCUT2D eigenvalue weighted by atomic mass is 16.5. The number of amides is 4. The number of methoxy groups -OCH3 is 2. The number of dihydropyridines is 1. The number of carbonyl (C=O) groups is 8. The normalized spacial score (nSPS) is 20.6. The van der Waals surface area contributed by atoms with Gasteiger partial charge < -0.3 is 64.0 Å². The highest BCUT2D eigenvalue weighted by molar-refractivity contribution is 6.06. The Morgan fingerprint density at radius 3 is 1.43 bits per heavy atom. The summed E-state index contributed by atoms with van der Waals surface area (Å²) in [4.78, 5) is 112. The minimum absolute atomic E-state index is 0.0701. The highest BCUT2D eigenvalue weighted by Crippen LogP contribution is 2.50. The monoisotopic (exact) mass is 1400 g/mol. The van der Waals surface area contributed by atoms with E-state index in [0.29, 0.717) is 125 Å². The maximum Gasteiger partial charge on any atom is 0.336 e. The number of phenolic OH excluding ortho intramolecular Hbond substituents is 2. The molecule has 4 N–H and O–H groups in total. The number of esters is 4. The van der Waals surface area contributed by atoms with Crippen molar-refractivity contribution < 1.29 is 77.0 Å². The molecule has 4 atom stereocenters. The molecular weight excluding hydrogens is 1300 g/mol. The Morgan fingerprint density at radius 1 is 0.520 bits per heavy atom. The average molecular weight is 1410 g/mol. The van der Waals surface area contributed by atoms with Crippen molar-refractivity contribution in [3.05, 3.63) is 187 Å². The quantitative estimate of drug-likeness (QED) is 0.0953. The number of nitrogens with zero attached hydrogens (tertiary/aromatic N) is 6. The summed E-state index contributed by atoms with van der Waals surface area (Å²) in [5.41, 5.74) is 12.6. The number of likely N-dealkylation sites (N-methyl/N-ethyl adjacent to an activating group) is 3. The van der Waals surface area contributed by atoms with Crippen LogP contribution < -0.4 is 20.1 Å². The standard InChI is InChI=1S/C22H27N3O6.C21H24N2O4.C18H25NO3.C17H24N2O3/c1-8-31-22(28)16-11(2)23-20-18(21(27)25(5)12(3)24(20)4)17(16)13-9-14(29-6)19(26)15(10-13)30-7;1-6-27-21(26)17-12(2)10-16-19(20(25)23(5)13(3)22(16)4)18(17)14-8-7-9-15(24)11-14;1-6-22-18(21)15-11(4)8-13-9-12(5)19-17(20)16(13)14(15)7-10(2)3;1-7-12-14(17(21)22-8-2)10(3)9-13-15(12)16(20)19(6)11(4)18(13)5/h9-10,17,23,26H,3,8H2,1-2,4-7H3;7-9,11,18,24H,3,6,10H2,1-2,4-5H3;10,14H,5-9H2,1-4H3,(H,19,20);12H,4,7-9H2,1-3,5-6H3. The molecule has 8 aliphatic rings. The van der Waals surface area contributed by atoms with E-state index in [1.807, 2.05) is 57.7 Å². The number of hydrogen-bond donors (Lipinski definition) is 4. The molecule has 10 rings (SSSR count). The number of rotatable bonds is 15. The molecule has 0 aromatic heterocycles. The second-order valence-electron chi connectivity index (χ2n) is 26.3. The van der Waals surface area contributed by atoms with Gasteiger partial charge in [0, 0.05) is 136 Å². The van der Waals surface area contributed by atoms with Crippen LogP contribution in [0.4, 0.5) is 0 Å². The van der Waals surface area contributed by atoms with Crippen molar-refractivity contribution in [2.24, 2.45) is 17.8 Å². The van der Waals surface area contributed by atoms with Crippen molar-refractivity contribution in [3.63, 3.8) is 0 Å². The number of nitrogens with one attached hydrogen (secondary N) is 2. The first kappa shape index (κ1) is 78.8. The fourth-order valence-electron chi connectivity index (χ4n) is 14.3. The summed E-state index contributed by atoms with van der Waals surface area (Å²) in [7, 11) is 13.4. The average Bonchev–Trinajstić information content (AvgIpc) is 0.720. The van der Waals surface area contributed by atoms with Crippen LogP contribution in [-0.2, 0) is 57.3 Å². The van der Waals surface area contributed by atoms with Crippen molar-refractivity contribution in [3.8, 4) is 23.0 Å². The third-order valence-electron chi connectivity index (χ3n) is 19.4. The predicted octanol–water partition coefficient (Wildman–Crippen LogP) is 10.6. The number of aromatic hydroxyl groups is 2. The topological polar surface area (TPSA) is 276 Å². The van der Waals surface area contributed by atoms with E-state index in [0.717, 1.165) is 51.4 Å². The minimum atomic E-state index is -0.788. The molecule has 4 unspecified atom stereocenters. The zero-order valence-electron chi connectivity index (χ0n) is 62.5. The van der Waals surface area contributed by atoms with E-state index in [1.54, 1.807) is 103 Å². The van der Waals surface area contributed by atoms with Crippen LogP contribution in [0.25, 0.3) is 0 Å². The van der Waals surface area contributed by atoms with E-state index in [1.165, 1.54) is 24.0 Å². The lowest BCUT2D eigenvalue weighted by molar-refractivity contribution is -0.140. The molecule has 2 aromatic rings. The fraction of sp³-hybridized carbons (Fsp3) is 0.436. The second-order valence-corrected chi connectivity index (χ2v) is 26.3. The molecule has 548 valence electrons. The molecule has 0 spiro atoms. The molecule has 2 aromatic carbocycles. The molecule has 5 aliphatic heterocycles. The largest absolute Gasteiger partial charge is 0.508 e. The lowest BCUT2D eigenvalue weighted by atomic mass is 9.72. The van der Waals surface area contributed by atoms with Gasteiger partial charge in [-0.2, -0.15) is 0 Å². The number of carbonyl (C=O) groups excluding carboxylic acids is 8. The maximum atomic E-state index is 13.4. The Balaban J connectivity index is 0.000000193. The van der Waals surface area contributed by atoms with Gasteiger partial charge in [0.25, 0.3) is 23.6 Å². The molecule has 0 radical (unpaired) electrons. The molecule has 0 saturated heterocycles. The van der Waals surface area contributed by atoms with Crippen LogP contribution in [-0.4, -0.2) is 170 Å². The van der Waals surface area contributed by atoms with Gasteiger partial charge in [-0.3, -0.25) is 33.9 Å². The van der Waals surface area contributed by atoms with Gasteiger partial charge >= 0.3 is 23.9 Å². The van der Waals surface area contributed by atoms with Gasteiger partial charge in [-0.25, -0.2) is 19.2 Å².